The molecule has 1 nitrogen and oxygen atoms in total. The van der Waals surface area contributed by atoms with E-state index in [9.17, 15) is 0 Å². The Hall–Kier alpha value is -2.64. The van der Waals surface area contributed by atoms with Crippen molar-refractivity contribution in [3.05, 3.63) is 114 Å². The number of hydrogen-bond acceptors (Lipinski definition) is 1. The Bertz CT molecular complexity index is 868. The molecule has 3 aromatic carbocycles. The van der Waals surface area contributed by atoms with Gasteiger partial charge in [-0.15, -0.1) is 0 Å². The van der Waals surface area contributed by atoms with Crippen molar-refractivity contribution in [2.24, 2.45) is 5.92 Å². The molecular formula is C25H25N. The first-order valence-corrected chi connectivity index (χ1v) is 9.34. The van der Waals surface area contributed by atoms with Gasteiger partial charge in [0.25, 0.3) is 0 Å². The molecule has 1 heteroatoms. The number of nitrogens with zero attached hydrogens (tertiary/aromatic N) is 1. The van der Waals surface area contributed by atoms with Crippen molar-refractivity contribution in [2.45, 2.75) is 19.0 Å². The summed E-state index contributed by atoms with van der Waals surface area (Å²) < 4.78 is 0. The zero-order valence-corrected chi connectivity index (χ0v) is 15.4. The van der Waals surface area contributed by atoms with Crippen LogP contribution < -0.4 is 0 Å². The molecule has 0 unspecified atom stereocenters. The summed E-state index contributed by atoms with van der Waals surface area (Å²) in [6, 6.07) is 33.2. The van der Waals surface area contributed by atoms with Gasteiger partial charge < -0.3 is 0 Å². The second kappa shape index (κ2) is 7.31. The van der Waals surface area contributed by atoms with E-state index in [0.29, 0.717) is 12.0 Å². The Balaban J connectivity index is 1.84. The number of likely N-dealkylation sites (N-methyl/N-ethyl adjacent to an activating group) is 1. The zero-order valence-electron chi connectivity index (χ0n) is 15.4. The minimum absolute atomic E-state index is 0.271. The molecule has 26 heavy (non-hydrogen) atoms. The van der Waals surface area contributed by atoms with E-state index in [4.69, 9.17) is 0 Å². The molecule has 0 fully saturated rings. The van der Waals surface area contributed by atoms with Gasteiger partial charge in [-0.1, -0.05) is 104 Å². The van der Waals surface area contributed by atoms with E-state index in [-0.39, 0.29) is 6.04 Å². The predicted octanol–water partition coefficient (Wildman–Crippen LogP) is 6.13. The zero-order chi connectivity index (χ0) is 17.9. The van der Waals surface area contributed by atoms with Crippen LogP contribution in [0.5, 0.6) is 0 Å². The highest BCUT2D eigenvalue weighted by molar-refractivity contribution is 5.70. The Morgan fingerprint density at radius 2 is 1.15 bits per heavy atom. The van der Waals surface area contributed by atoms with Crippen molar-refractivity contribution >= 4 is 5.57 Å². The monoisotopic (exact) mass is 339 g/mol. The lowest BCUT2D eigenvalue weighted by atomic mass is 9.78. The molecule has 1 aliphatic heterocycles. The summed E-state index contributed by atoms with van der Waals surface area (Å²) in [6.45, 7) is 2.36. The Morgan fingerprint density at radius 3 is 1.73 bits per heavy atom. The van der Waals surface area contributed by atoms with Crippen LogP contribution in [0.2, 0.25) is 0 Å². The van der Waals surface area contributed by atoms with Crippen LogP contribution >= 0.6 is 0 Å². The average molecular weight is 339 g/mol. The number of hydrogen-bond donors (Lipinski definition) is 0. The first kappa shape index (κ1) is 16.8. The molecule has 0 radical (unpaired) electrons. The van der Waals surface area contributed by atoms with Gasteiger partial charge in [-0.3, -0.25) is 4.90 Å². The van der Waals surface area contributed by atoms with Gasteiger partial charge in [-0.25, -0.2) is 0 Å². The topological polar surface area (TPSA) is 3.24 Å². The van der Waals surface area contributed by atoms with Gasteiger partial charge in [0.15, 0.2) is 0 Å². The van der Waals surface area contributed by atoms with Crippen LogP contribution in [-0.4, -0.2) is 11.9 Å². The maximum atomic E-state index is 2.52. The summed E-state index contributed by atoms with van der Waals surface area (Å²) in [5.74, 6) is 0.421. The van der Waals surface area contributed by atoms with Crippen molar-refractivity contribution < 1.29 is 0 Å². The van der Waals surface area contributed by atoms with Crippen molar-refractivity contribution in [2.75, 3.05) is 7.05 Å². The SMILES string of the molecule is C[C@@H]1C(c2ccccc2)=C[C@H](c2ccccc2)N(C)[C@@H]1c1ccccc1. The Kier molecular flexibility index (Phi) is 4.73. The van der Waals surface area contributed by atoms with Crippen LogP contribution in [0.15, 0.2) is 97.1 Å². The highest BCUT2D eigenvalue weighted by Gasteiger charge is 2.35. The predicted molar refractivity (Wildman–Crippen MR) is 110 cm³/mol. The van der Waals surface area contributed by atoms with E-state index in [2.05, 4.69) is 116 Å². The van der Waals surface area contributed by atoms with E-state index >= 15 is 0 Å². The quantitative estimate of drug-likeness (QED) is 0.554. The van der Waals surface area contributed by atoms with Gasteiger partial charge in [-0.2, -0.15) is 0 Å². The lowest BCUT2D eigenvalue weighted by Gasteiger charge is -2.43. The molecule has 0 saturated carbocycles. The van der Waals surface area contributed by atoms with Gasteiger partial charge in [-0.05, 0) is 29.3 Å². The molecule has 130 valence electrons. The van der Waals surface area contributed by atoms with Gasteiger partial charge in [0, 0.05) is 12.0 Å². The van der Waals surface area contributed by atoms with E-state index in [0.717, 1.165) is 0 Å². The minimum Gasteiger partial charge on any atom is -0.288 e. The molecule has 0 bridgehead atoms. The van der Waals surface area contributed by atoms with Crippen LogP contribution in [0.4, 0.5) is 0 Å². The van der Waals surface area contributed by atoms with Gasteiger partial charge >= 0.3 is 0 Å². The third-order valence-corrected chi connectivity index (χ3v) is 5.57. The normalized spacial score (nSPS) is 23.5. The summed E-state index contributed by atoms with van der Waals surface area (Å²) in [5, 5.41) is 0. The molecular weight excluding hydrogens is 314 g/mol. The molecule has 4 rings (SSSR count). The summed E-state index contributed by atoms with van der Waals surface area (Å²) in [7, 11) is 2.25. The molecule has 3 aromatic rings. The van der Waals surface area contributed by atoms with Gasteiger partial charge in [0.05, 0.1) is 6.04 Å². The summed E-state index contributed by atoms with van der Waals surface area (Å²) >= 11 is 0. The highest BCUT2D eigenvalue weighted by Crippen LogP contribution is 2.46. The van der Waals surface area contributed by atoms with Crippen LogP contribution in [-0.2, 0) is 0 Å². The smallest absolute Gasteiger partial charge is 0.0540 e. The van der Waals surface area contributed by atoms with Crippen molar-refractivity contribution in [1.29, 1.82) is 0 Å². The fourth-order valence-electron chi connectivity index (χ4n) is 4.28. The fraction of sp³-hybridized carbons (Fsp3) is 0.200. The third-order valence-electron chi connectivity index (χ3n) is 5.57. The maximum Gasteiger partial charge on any atom is 0.0540 e. The number of rotatable bonds is 3. The molecule has 3 atom stereocenters. The lowest BCUT2D eigenvalue weighted by molar-refractivity contribution is 0.162. The Labute approximate surface area is 156 Å². The van der Waals surface area contributed by atoms with Crippen molar-refractivity contribution in [3.8, 4) is 0 Å². The second-order valence-electron chi connectivity index (χ2n) is 7.15. The van der Waals surface area contributed by atoms with E-state index in [1.807, 2.05) is 0 Å². The van der Waals surface area contributed by atoms with Crippen molar-refractivity contribution in [3.63, 3.8) is 0 Å². The van der Waals surface area contributed by atoms with Crippen LogP contribution in [0, 0.1) is 5.92 Å². The maximum absolute atomic E-state index is 2.52. The average Bonchev–Trinajstić information content (AvgIpc) is 2.70. The largest absolute Gasteiger partial charge is 0.288 e. The number of benzene rings is 3. The fourth-order valence-corrected chi connectivity index (χ4v) is 4.28. The van der Waals surface area contributed by atoms with Crippen molar-refractivity contribution in [1.82, 2.24) is 4.90 Å². The molecule has 1 heterocycles. The molecule has 1 aliphatic rings. The van der Waals surface area contributed by atoms with Gasteiger partial charge in [0.2, 0.25) is 0 Å². The molecule has 0 amide bonds. The first-order chi connectivity index (χ1) is 12.8. The highest BCUT2D eigenvalue weighted by atomic mass is 15.2. The molecule has 0 aliphatic carbocycles. The van der Waals surface area contributed by atoms with E-state index < -0.39 is 0 Å². The molecule has 0 N–H and O–H groups in total. The summed E-state index contributed by atoms with van der Waals surface area (Å²) in [6.07, 6.45) is 2.45. The van der Waals surface area contributed by atoms with Crippen LogP contribution in [0.25, 0.3) is 5.57 Å². The Morgan fingerprint density at radius 1 is 0.654 bits per heavy atom. The standard InChI is InChI=1S/C25H25N/c1-19-23(20-12-6-3-7-13-20)18-24(21-14-8-4-9-15-21)26(2)25(19)22-16-10-5-11-17-22/h3-19,24-25H,1-2H3/t19-,24-,25+/m1/s1. The minimum atomic E-state index is 0.271. The lowest BCUT2D eigenvalue weighted by Crippen LogP contribution is -2.36. The second-order valence-corrected chi connectivity index (χ2v) is 7.15. The molecule has 0 spiro atoms. The molecule has 0 saturated heterocycles. The van der Waals surface area contributed by atoms with Crippen LogP contribution in [0.1, 0.15) is 35.7 Å². The van der Waals surface area contributed by atoms with Crippen LogP contribution in [0.3, 0.4) is 0 Å². The molecule has 0 aromatic heterocycles. The summed E-state index contributed by atoms with van der Waals surface area (Å²) in [4.78, 5) is 2.52. The van der Waals surface area contributed by atoms with E-state index in [1.54, 1.807) is 0 Å². The van der Waals surface area contributed by atoms with Gasteiger partial charge in [0.1, 0.15) is 0 Å². The van der Waals surface area contributed by atoms with E-state index in [1.165, 1.54) is 22.3 Å². The summed E-state index contributed by atoms with van der Waals surface area (Å²) in [5.41, 5.74) is 5.49. The third kappa shape index (κ3) is 3.11. The first-order valence-electron chi connectivity index (χ1n) is 9.34.